The molecule has 0 aliphatic rings. The number of carbonyl (C=O) groups excluding carboxylic acids is 2. The first-order valence-corrected chi connectivity index (χ1v) is 9.96. The molecule has 1 aromatic carbocycles. The van der Waals surface area contributed by atoms with Crippen molar-refractivity contribution in [1.82, 2.24) is 25.0 Å². The van der Waals surface area contributed by atoms with Gasteiger partial charge in [0.05, 0.1) is 30.1 Å². The second-order valence-electron chi connectivity index (χ2n) is 6.06. The summed E-state index contributed by atoms with van der Waals surface area (Å²) in [6, 6.07) is 1.53. The number of amides is 1. The van der Waals surface area contributed by atoms with E-state index < -0.39 is 51.6 Å². The normalized spacial score (nSPS) is 12.1. The summed E-state index contributed by atoms with van der Waals surface area (Å²) in [5.41, 5.74) is -0.795. The van der Waals surface area contributed by atoms with Crippen LogP contribution in [-0.2, 0) is 26.2 Å². The summed E-state index contributed by atoms with van der Waals surface area (Å²) in [6.07, 6.45) is 0.825. The lowest BCUT2D eigenvalue weighted by Crippen LogP contribution is -2.37. The van der Waals surface area contributed by atoms with Crippen LogP contribution in [-0.4, -0.2) is 75.4 Å². The first-order valence-electron chi connectivity index (χ1n) is 8.47. The number of phenols is 1. The monoisotopic (exact) mass is 455 g/mol. The molecule has 0 radical (unpaired) electrons. The van der Waals surface area contributed by atoms with E-state index in [4.69, 9.17) is 10.2 Å². The molecule has 0 saturated heterocycles. The number of benzene rings is 1. The summed E-state index contributed by atoms with van der Waals surface area (Å²) in [5, 5.41) is 36.4. The van der Waals surface area contributed by atoms with Crippen LogP contribution in [0.3, 0.4) is 0 Å². The van der Waals surface area contributed by atoms with Crippen molar-refractivity contribution in [3.63, 3.8) is 0 Å². The Balaban J connectivity index is 1.97. The van der Waals surface area contributed by atoms with Crippen molar-refractivity contribution in [1.29, 1.82) is 0 Å². The van der Waals surface area contributed by atoms with Crippen molar-refractivity contribution in [3.05, 3.63) is 35.7 Å². The molecular weight excluding hydrogens is 438 g/mol. The van der Waals surface area contributed by atoms with Gasteiger partial charge in [0.2, 0.25) is 10.0 Å². The van der Waals surface area contributed by atoms with Gasteiger partial charge in [0.25, 0.3) is 5.91 Å². The van der Waals surface area contributed by atoms with E-state index in [9.17, 15) is 32.7 Å². The van der Waals surface area contributed by atoms with E-state index in [1.54, 1.807) is 0 Å². The van der Waals surface area contributed by atoms with Crippen LogP contribution in [0.4, 0.5) is 0 Å². The third-order valence-corrected chi connectivity index (χ3v) is 5.25. The molecule has 1 atom stereocenters. The van der Waals surface area contributed by atoms with Crippen LogP contribution in [0.25, 0.3) is 0 Å². The highest BCUT2D eigenvalue weighted by atomic mass is 32.2. The van der Waals surface area contributed by atoms with Crippen molar-refractivity contribution in [2.45, 2.75) is 23.9 Å². The van der Waals surface area contributed by atoms with Gasteiger partial charge in [0, 0.05) is 6.54 Å². The molecule has 0 bridgehead atoms. The van der Waals surface area contributed by atoms with Crippen LogP contribution >= 0.6 is 0 Å². The van der Waals surface area contributed by atoms with Crippen LogP contribution in [0.2, 0.25) is 0 Å². The fourth-order valence-corrected chi connectivity index (χ4v) is 3.35. The quantitative estimate of drug-likeness (QED) is 0.244. The molecule has 0 unspecified atom stereocenters. The Morgan fingerprint density at radius 2 is 1.94 bits per heavy atom. The maximum Gasteiger partial charge on any atom is 0.339 e. The van der Waals surface area contributed by atoms with Crippen molar-refractivity contribution >= 4 is 34.2 Å². The van der Waals surface area contributed by atoms with E-state index in [0.29, 0.717) is 0 Å². The van der Waals surface area contributed by atoms with Crippen molar-refractivity contribution in [2.24, 2.45) is 0 Å². The number of carbonyl (C=O) groups is 4. The molecule has 0 fully saturated rings. The van der Waals surface area contributed by atoms with Gasteiger partial charge >= 0.3 is 11.9 Å². The van der Waals surface area contributed by atoms with Crippen LogP contribution in [0, 0.1) is 0 Å². The Bertz CT molecular complexity index is 1110. The van der Waals surface area contributed by atoms with Crippen LogP contribution in [0.15, 0.2) is 29.3 Å². The van der Waals surface area contributed by atoms with E-state index in [-0.39, 0.29) is 30.0 Å². The minimum atomic E-state index is -4.10. The number of hydrogen-bond acceptors (Lipinski definition) is 9. The predicted octanol–water partition coefficient (Wildman–Crippen LogP) is -1.57. The highest BCUT2D eigenvalue weighted by Gasteiger charge is 2.20. The Labute approximate surface area is 174 Å². The van der Waals surface area contributed by atoms with E-state index in [0.717, 1.165) is 29.1 Å². The standard InChI is InChI=1S/C16H17N5O9S/c22-8-9(5-14(24)25)18-15(26)12-7-21(20-19-12)4-3-17-31(29,30)10-1-2-13(23)11(6-10)16(27)28/h1-2,6-9,17,23H,3-5H2,(H,18,26)(H,24,25)(H,27,28)/t9-/m0/s1. The number of nitrogens with one attached hydrogen (secondary N) is 2. The van der Waals surface area contributed by atoms with Gasteiger partial charge in [-0.25, -0.2) is 17.9 Å². The molecule has 2 aromatic rings. The van der Waals surface area contributed by atoms with E-state index in [1.807, 2.05) is 0 Å². The van der Waals surface area contributed by atoms with E-state index >= 15 is 0 Å². The van der Waals surface area contributed by atoms with Gasteiger partial charge in [0.15, 0.2) is 5.69 Å². The molecule has 14 nitrogen and oxygen atoms in total. The molecule has 1 aromatic heterocycles. The van der Waals surface area contributed by atoms with Gasteiger partial charge < -0.3 is 25.4 Å². The van der Waals surface area contributed by atoms with E-state index in [1.165, 1.54) is 0 Å². The van der Waals surface area contributed by atoms with Crippen LogP contribution < -0.4 is 10.0 Å². The molecule has 0 aliphatic carbocycles. The minimum Gasteiger partial charge on any atom is -0.507 e. The van der Waals surface area contributed by atoms with Crippen LogP contribution in [0.5, 0.6) is 5.75 Å². The SMILES string of the molecule is O=C[C@H](CC(=O)O)NC(=O)c1cn(CCNS(=O)(=O)c2ccc(O)c(C(=O)O)c2)nn1. The molecule has 1 amide bonds. The van der Waals surface area contributed by atoms with Gasteiger partial charge in [0.1, 0.15) is 17.6 Å². The average molecular weight is 455 g/mol. The topological polar surface area (TPSA) is 218 Å². The summed E-state index contributed by atoms with van der Waals surface area (Å²) in [4.78, 5) is 44.1. The summed E-state index contributed by atoms with van der Waals surface area (Å²) >= 11 is 0. The lowest BCUT2D eigenvalue weighted by Gasteiger charge is -2.08. The number of aldehydes is 1. The molecule has 166 valence electrons. The van der Waals surface area contributed by atoms with Gasteiger partial charge in [-0.1, -0.05) is 5.21 Å². The largest absolute Gasteiger partial charge is 0.507 e. The lowest BCUT2D eigenvalue weighted by molar-refractivity contribution is -0.138. The number of sulfonamides is 1. The number of carboxylic acids is 2. The molecule has 0 saturated carbocycles. The van der Waals surface area contributed by atoms with Gasteiger partial charge in [-0.3, -0.25) is 14.3 Å². The van der Waals surface area contributed by atoms with Crippen LogP contribution in [0.1, 0.15) is 27.3 Å². The molecule has 1 heterocycles. The zero-order valence-corrected chi connectivity index (χ0v) is 16.4. The molecule has 31 heavy (non-hydrogen) atoms. The predicted molar refractivity (Wildman–Crippen MR) is 99.8 cm³/mol. The summed E-state index contributed by atoms with van der Waals surface area (Å²) in [6.45, 7) is -0.262. The lowest BCUT2D eigenvalue weighted by atomic mass is 10.2. The number of carboxylic acid groups (broad SMARTS) is 2. The highest BCUT2D eigenvalue weighted by Crippen LogP contribution is 2.21. The molecule has 5 N–H and O–H groups in total. The van der Waals surface area contributed by atoms with Crippen molar-refractivity contribution in [3.8, 4) is 5.75 Å². The molecule has 0 spiro atoms. The number of aromatic carboxylic acids is 1. The number of nitrogens with zero attached hydrogens (tertiary/aromatic N) is 3. The first-order chi connectivity index (χ1) is 14.5. The number of aliphatic carboxylic acids is 1. The van der Waals surface area contributed by atoms with Gasteiger partial charge in [-0.05, 0) is 18.2 Å². The molecule has 2 rings (SSSR count). The Morgan fingerprint density at radius 3 is 2.55 bits per heavy atom. The zero-order valence-electron chi connectivity index (χ0n) is 15.6. The van der Waals surface area contributed by atoms with Crippen molar-refractivity contribution in [2.75, 3.05) is 6.54 Å². The number of aromatic nitrogens is 3. The Hall–Kier alpha value is -3.85. The maximum absolute atomic E-state index is 12.3. The Kier molecular flexibility index (Phi) is 7.38. The zero-order chi connectivity index (χ0) is 23.2. The number of hydrogen-bond donors (Lipinski definition) is 5. The fourth-order valence-electron chi connectivity index (χ4n) is 2.31. The smallest absolute Gasteiger partial charge is 0.339 e. The first kappa shape index (κ1) is 23.4. The number of rotatable bonds is 11. The fraction of sp³-hybridized carbons (Fsp3) is 0.250. The van der Waals surface area contributed by atoms with E-state index in [2.05, 4.69) is 20.4 Å². The highest BCUT2D eigenvalue weighted by molar-refractivity contribution is 7.89. The molecule has 15 heteroatoms. The third kappa shape index (κ3) is 6.31. The summed E-state index contributed by atoms with van der Waals surface area (Å²) < 4.78 is 27.9. The summed E-state index contributed by atoms with van der Waals surface area (Å²) in [7, 11) is -4.10. The maximum atomic E-state index is 12.3. The second-order valence-corrected chi connectivity index (χ2v) is 7.83. The Morgan fingerprint density at radius 1 is 1.23 bits per heavy atom. The van der Waals surface area contributed by atoms with Crippen molar-refractivity contribution < 1.29 is 42.9 Å². The number of aromatic hydroxyl groups is 1. The molecular formula is C16H17N5O9S. The third-order valence-electron chi connectivity index (χ3n) is 3.79. The van der Waals surface area contributed by atoms with Gasteiger partial charge in [-0.2, -0.15) is 0 Å². The van der Waals surface area contributed by atoms with Gasteiger partial charge in [-0.15, -0.1) is 5.10 Å². The second kappa shape index (κ2) is 9.77. The molecule has 0 aliphatic heterocycles. The average Bonchev–Trinajstić information content (AvgIpc) is 3.15. The summed E-state index contributed by atoms with van der Waals surface area (Å²) in [5.74, 6) is -4.20. The minimum absolute atomic E-state index is 0.0599.